The summed E-state index contributed by atoms with van der Waals surface area (Å²) in [6.07, 6.45) is 5.13. The summed E-state index contributed by atoms with van der Waals surface area (Å²) in [4.78, 5) is 35.7. The third-order valence-electron chi connectivity index (χ3n) is 5.08. The van der Waals surface area contributed by atoms with Gasteiger partial charge in [0.1, 0.15) is 11.6 Å². The molecule has 0 amide bonds. The second kappa shape index (κ2) is 8.34. The highest BCUT2D eigenvalue weighted by atomic mass is 32.2. The lowest BCUT2D eigenvalue weighted by molar-refractivity contribution is -0.134. The van der Waals surface area contributed by atoms with Crippen LogP contribution in [0, 0.1) is 5.41 Å². The molecule has 0 aliphatic heterocycles. The van der Waals surface area contributed by atoms with Crippen LogP contribution in [0.15, 0.2) is 36.4 Å². The Balaban J connectivity index is 1.77. The van der Waals surface area contributed by atoms with Gasteiger partial charge in [-0.2, -0.15) is 0 Å². The van der Waals surface area contributed by atoms with Gasteiger partial charge in [0, 0.05) is 18.6 Å². The zero-order valence-corrected chi connectivity index (χ0v) is 16.9. The summed E-state index contributed by atoms with van der Waals surface area (Å²) in [7, 11) is 0. The number of allylic oxidation sites excluding steroid dienone is 1. The Morgan fingerprint density at radius 2 is 1.69 bits per heavy atom. The van der Waals surface area contributed by atoms with E-state index in [0.717, 1.165) is 5.56 Å². The molecule has 0 radical (unpaired) electrons. The molecule has 1 aromatic rings. The summed E-state index contributed by atoms with van der Waals surface area (Å²) in [6, 6.07) is 8.38. The van der Waals surface area contributed by atoms with E-state index in [1.54, 1.807) is 19.1 Å². The Morgan fingerprint density at radius 1 is 1.12 bits per heavy atom. The number of rotatable bonds is 6. The number of thioether (sulfide) groups is 1. The van der Waals surface area contributed by atoms with Crippen molar-refractivity contribution in [3.63, 3.8) is 0 Å². The first-order valence-electron chi connectivity index (χ1n) is 9.12. The van der Waals surface area contributed by atoms with Crippen LogP contribution >= 0.6 is 11.8 Å². The molecular formula is C22H28O3S. The maximum absolute atomic E-state index is 12.0. The van der Waals surface area contributed by atoms with Crippen LogP contribution in [0.2, 0.25) is 0 Å². The lowest BCUT2D eigenvalue weighted by atomic mass is 9.82. The van der Waals surface area contributed by atoms with Crippen LogP contribution in [0.5, 0.6) is 0 Å². The van der Waals surface area contributed by atoms with Gasteiger partial charge in [-0.05, 0) is 42.4 Å². The molecule has 140 valence electrons. The molecule has 0 saturated heterocycles. The lowest BCUT2D eigenvalue weighted by Gasteiger charge is -2.19. The molecule has 4 heteroatoms. The Kier molecular flexibility index (Phi) is 6.62. The summed E-state index contributed by atoms with van der Waals surface area (Å²) in [5.74, 6) is 0.716. The van der Waals surface area contributed by atoms with Gasteiger partial charge in [-0.25, -0.2) is 0 Å². The van der Waals surface area contributed by atoms with Gasteiger partial charge in [-0.15, -0.1) is 0 Å². The standard InChI is InChI=1S/C22H28O3S/c1-21(2,3)17-10-8-16(9-11-17)15-26-20(25)7-5-6-14-22(4)18(23)12-13-19(22)24/h5,7-11H,6,12-15H2,1-4H3/b7-5+. The second-order valence-corrected chi connectivity index (χ2v) is 9.15. The summed E-state index contributed by atoms with van der Waals surface area (Å²) in [5, 5.41) is -0.000809. The van der Waals surface area contributed by atoms with Crippen LogP contribution in [-0.2, 0) is 25.6 Å². The second-order valence-electron chi connectivity index (χ2n) is 8.17. The summed E-state index contributed by atoms with van der Waals surface area (Å²) in [6.45, 7) is 8.27. The topological polar surface area (TPSA) is 51.2 Å². The largest absolute Gasteiger partial charge is 0.299 e. The van der Waals surface area contributed by atoms with Crippen LogP contribution < -0.4 is 0 Å². The molecular weight excluding hydrogens is 344 g/mol. The zero-order chi connectivity index (χ0) is 19.4. The zero-order valence-electron chi connectivity index (χ0n) is 16.1. The average molecular weight is 373 g/mol. The normalized spacial score (nSPS) is 17.2. The molecule has 1 fully saturated rings. The molecule has 0 aromatic heterocycles. The van der Waals surface area contributed by atoms with Gasteiger partial charge in [0.15, 0.2) is 0 Å². The van der Waals surface area contributed by atoms with E-state index in [9.17, 15) is 14.4 Å². The minimum absolute atomic E-state index is 0.000809. The van der Waals surface area contributed by atoms with Gasteiger partial charge < -0.3 is 0 Å². The molecule has 1 aliphatic carbocycles. The summed E-state index contributed by atoms with van der Waals surface area (Å²) < 4.78 is 0. The molecule has 0 spiro atoms. The van der Waals surface area contributed by atoms with Gasteiger partial charge in [0.2, 0.25) is 5.12 Å². The monoisotopic (exact) mass is 372 g/mol. The Labute approximate surface area is 160 Å². The van der Waals surface area contributed by atoms with Crippen LogP contribution in [0.3, 0.4) is 0 Å². The molecule has 26 heavy (non-hydrogen) atoms. The van der Waals surface area contributed by atoms with E-state index in [0.29, 0.717) is 31.4 Å². The van der Waals surface area contributed by atoms with E-state index in [1.165, 1.54) is 17.3 Å². The van der Waals surface area contributed by atoms with Gasteiger partial charge >= 0.3 is 0 Å². The number of carbonyl (C=O) groups excluding carboxylic acids is 3. The average Bonchev–Trinajstić information content (AvgIpc) is 2.84. The van der Waals surface area contributed by atoms with Crippen molar-refractivity contribution in [1.29, 1.82) is 0 Å². The number of ketones is 2. The van der Waals surface area contributed by atoms with Crippen molar-refractivity contribution in [2.75, 3.05) is 0 Å². The van der Waals surface area contributed by atoms with E-state index < -0.39 is 5.41 Å². The SMILES string of the molecule is CC1(CC/C=C/C(=O)SCc2ccc(C(C)(C)C)cc2)C(=O)CCC1=O. The highest BCUT2D eigenvalue weighted by Gasteiger charge is 2.44. The fourth-order valence-corrected chi connectivity index (χ4v) is 3.76. The first kappa shape index (κ1) is 20.6. The van der Waals surface area contributed by atoms with E-state index >= 15 is 0 Å². The predicted molar refractivity (Wildman–Crippen MR) is 107 cm³/mol. The molecule has 2 rings (SSSR count). The molecule has 0 N–H and O–H groups in total. The lowest BCUT2D eigenvalue weighted by Crippen LogP contribution is -2.28. The maximum Gasteiger partial charge on any atom is 0.212 e. The van der Waals surface area contributed by atoms with Crippen molar-refractivity contribution in [2.45, 2.75) is 64.5 Å². The van der Waals surface area contributed by atoms with E-state index in [4.69, 9.17) is 0 Å². The van der Waals surface area contributed by atoms with E-state index in [-0.39, 0.29) is 22.1 Å². The van der Waals surface area contributed by atoms with Crippen molar-refractivity contribution in [3.8, 4) is 0 Å². The molecule has 1 saturated carbocycles. The number of carbonyl (C=O) groups is 3. The van der Waals surface area contributed by atoms with Crippen molar-refractivity contribution in [3.05, 3.63) is 47.5 Å². The number of hydrogen-bond donors (Lipinski definition) is 0. The smallest absolute Gasteiger partial charge is 0.212 e. The fraction of sp³-hybridized carbons (Fsp3) is 0.500. The minimum atomic E-state index is -0.838. The van der Waals surface area contributed by atoms with Crippen LogP contribution in [0.4, 0.5) is 0 Å². The van der Waals surface area contributed by atoms with Crippen molar-refractivity contribution < 1.29 is 14.4 Å². The van der Waals surface area contributed by atoms with Crippen LogP contribution in [-0.4, -0.2) is 16.7 Å². The first-order valence-corrected chi connectivity index (χ1v) is 10.1. The fourth-order valence-electron chi connectivity index (χ4n) is 3.07. The Morgan fingerprint density at radius 3 is 2.23 bits per heavy atom. The molecule has 0 heterocycles. The van der Waals surface area contributed by atoms with Gasteiger partial charge in [0.05, 0.1) is 5.41 Å². The van der Waals surface area contributed by atoms with E-state index in [2.05, 4.69) is 45.0 Å². The highest BCUT2D eigenvalue weighted by molar-refractivity contribution is 8.13. The Bertz CT molecular complexity index is 692. The Hall–Kier alpha value is -1.68. The van der Waals surface area contributed by atoms with Crippen LogP contribution in [0.1, 0.15) is 64.5 Å². The van der Waals surface area contributed by atoms with Gasteiger partial charge in [-0.1, -0.05) is 62.9 Å². The van der Waals surface area contributed by atoms with E-state index in [1.807, 2.05) is 0 Å². The minimum Gasteiger partial charge on any atom is -0.299 e. The maximum atomic E-state index is 12.0. The summed E-state index contributed by atoms with van der Waals surface area (Å²) >= 11 is 1.27. The predicted octanol–water partition coefficient (Wildman–Crippen LogP) is 5.02. The quantitative estimate of drug-likeness (QED) is 0.520. The molecule has 1 aliphatic rings. The first-order chi connectivity index (χ1) is 12.1. The van der Waals surface area contributed by atoms with Crippen molar-refractivity contribution in [1.82, 2.24) is 0 Å². The molecule has 0 atom stereocenters. The van der Waals surface area contributed by atoms with Crippen LogP contribution in [0.25, 0.3) is 0 Å². The number of Topliss-reactive ketones (excluding diaryl/α,β-unsaturated/α-hetero) is 2. The van der Waals surface area contributed by atoms with Gasteiger partial charge in [-0.3, -0.25) is 14.4 Å². The molecule has 0 unspecified atom stereocenters. The molecule has 3 nitrogen and oxygen atoms in total. The van der Waals surface area contributed by atoms with Crippen molar-refractivity contribution >= 4 is 28.4 Å². The molecule has 1 aromatic carbocycles. The van der Waals surface area contributed by atoms with Gasteiger partial charge in [0.25, 0.3) is 0 Å². The third-order valence-corrected chi connectivity index (χ3v) is 5.97. The number of benzene rings is 1. The van der Waals surface area contributed by atoms with Crippen molar-refractivity contribution in [2.24, 2.45) is 5.41 Å². The third kappa shape index (κ3) is 5.16. The number of hydrogen-bond acceptors (Lipinski definition) is 4. The summed E-state index contributed by atoms with van der Waals surface area (Å²) in [5.41, 5.74) is 1.69. The highest BCUT2D eigenvalue weighted by Crippen LogP contribution is 2.35. The molecule has 0 bridgehead atoms.